The minimum absolute atomic E-state index is 0.0499. The smallest absolute Gasteiger partial charge is 0.270 e. The summed E-state index contributed by atoms with van der Waals surface area (Å²) in [7, 11) is 0. The lowest BCUT2D eigenvalue weighted by atomic mass is 10.2. The monoisotopic (exact) mass is 345 g/mol. The van der Waals surface area contributed by atoms with Gasteiger partial charge in [-0.2, -0.15) is 0 Å². The molecule has 0 spiro atoms. The fourth-order valence-corrected chi connectivity index (χ4v) is 3.22. The number of aromatic amines is 1. The van der Waals surface area contributed by atoms with Crippen LogP contribution in [0.1, 0.15) is 34.2 Å². The van der Waals surface area contributed by atoms with Gasteiger partial charge in [-0.25, -0.2) is 0 Å². The Kier molecular flexibility index (Phi) is 4.90. The molecule has 2 aromatic rings. The topological polar surface area (TPSA) is 56.4 Å². The first-order valence-electron chi connectivity index (χ1n) is 8.04. The molecule has 5 nitrogen and oxygen atoms in total. The van der Waals surface area contributed by atoms with Crippen LogP contribution in [0, 0.1) is 0 Å². The highest BCUT2D eigenvalue weighted by atomic mass is 35.5. The summed E-state index contributed by atoms with van der Waals surface area (Å²) in [6.45, 7) is 4.39. The average molecular weight is 346 g/mol. The van der Waals surface area contributed by atoms with Crippen molar-refractivity contribution in [1.29, 1.82) is 0 Å². The molecule has 1 aliphatic rings. The van der Waals surface area contributed by atoms with E-state index < -0.39 is 0 Å². The van der Waals surface area contributed by atoms with Crippen LogP contribution in [0.2, 0.25) is 5.02 Å². The fraction of sp³-hybridized carbons (Fsp3) is 0.333. The third-order valence-electron chi connectivity index (χ3n) is 4.30. The van der Waals surface area contributed by atoms with E-state index >= 15 is 0 Å². The van der Waals surface area contributed by atoms with Crippen molar-refractivity contribution in [1.82, 2.24) is 9.88 Å². The van der Waals surface area contributed by atoms with E-state index in [4.69, 9.17) is 11.6 Å². The van der Waals surface area contributed by atoms with Gasteiger partial charge in [0, 0.05) is 37.9 Å². The largest absolute Gasteiger partial charge is 0.368 e. The molecule has 6 heteroatoms. The third kappa shape index (κ3) is 3.46. The zero-order valence-electron chi connectivity index (χ0n) is 13.6. The van der Waals surface area contributed by atoms with E-state index in [1.807, 2.05) is 29.2 Å². The Balaban J connectivity index is 1.70. The summed E-state index contributed by atoms with van der Waals surface area (Å²) in [5.41, 5.74) is 2.00. The zero-order valence-corrected chi connectivity index (χ0v) is 14.3. The number of hydrogen-bond donors (Lipinski definition) is 1. The number of amides is 1. The van der Waals surface area contributed by atoms with Crippen LogP contribution in [0.5, 0.6) is 0 Å². The lowest BCUT2D eigenvalue weighted by molar-refractivity contribution is 0.0762. The number of carbonyl (C=O) groups is 2. The van der Waals surface area contributed by atoms with Crippen molar-refractivity contribution in [2.24, 2.45) is 0 Å². The lowest BCUT2D eigenvalue weighted by Gasteiger charge is -2.24. The molecule has 0 unspecified atom stereocenters. The summed E-state index contributed by atoms with van der Waals surface area (Å²) in [6.07, 6.45) is 2.46. The Bertz CT molecular complexity index is 756. The number of rotatable bonds is 3. The molecular weight excluding hydrogens is 326 g/mol. The Hall–Kier alpha value is -2.27. The quantitative estimate of drug-likeness (QED) is 0.869. The molecule has 0 saturated carbocycles. The van der Waals surface area contributed by atoms with Gasteiger partial charge in [-0.05, 0) is 31.5 Å². The summed E-state index contributed by atoms with van der Waals surface area (Å²) >= 11 is 6.28. The Morgan fingerprint density at radius 3 is 2.62 bits per heavy atom. The number of ketones is 1. The normalized spacial score (nSPS) is 15.2. The fourth-order valence-electron chi connectivity index (χ4n) is 2.96. The van der Waals surface area contributed by atoms with Crippen molar-refractivity contribution < 1.29 is 9.59 Å². The van der Waals surface area contributed by atoms with Crippen molar-refractivity contribution in [2.75, 3.05) is 31.1 Å². The second-order valence-electron chi connectivity index (χ2n) is 5.94. The van der Waals surface area contributed by atoms with E-state index in [9.17, 15) is 9.59 Å². The molecule has 0 aliphatic carbocycles. The Morgan fingerprint density at radius 2 is 1.92 bits per heavy atom. The number of carbonyl (C=O) groups excluding carboxylic acids is 2. The number of nitrogens with one attached hydrogen (secondary N) is 1. The number of halogens is 1. The number of aromatic nitrogens is 1. The van der Waals surface area contributed by atoms with Gasteiger partial charge in [0.15, 0.2) is 5.78 Å². The van der Waals surface area contributed by atoms with Crippen molar-refractivity contribution in [3.63, 3.8) is 0 Å². The van der Waals surface area contributed by atoms with Gasteiger partial charge in [-0.1, -0.05) is 23.7 Å². The molecule has 1 saturated heterocycles. The van der Waals surface area contributed by atoms with E-state index in [1.54, 1.807) is 12.3 Å². The van der Waals surface area contributed by atoms with Crippen LogP contribution in [0.15, 0.2) is 36.5 Å². The number of nitrogens with zero attached hydrogens (tertiary/aromatic N) is 2. The molecule has 1 aromatic carbocycles. The molecule has 1 N–H and O–H groups in total. The molecule has 0 atom stereocenters. The van der Waals surface area contributed by atoms with Gasteiger partial charge in [-0.3, -0.25) is 9.59 Å². The molecular formula is C18H20ClN3O2. The molecule has 2 heterocycles. The molecule has 1 fully saturated rings. The number of benzene rings is 1. The van der Waals surface area contributed by atoms with Gasteiger partial charge in [0.1, 0.15) is 5.69 Å². The van der Waals surface area contributed by atoms with E-state index in [0.29, 0.717) is 24.3 Å². The molecule has 3 rings (SSSR count). The van der Waals surface area contributed by atoms with E-state index in [1.165, 1.54) is 6.92 Å². The maximum atomic E-state index is 12.6. The molecule has 24 heavy (non-hydrogen) atoms. The van der Waals surface area contributed by atoms with Crippen LogP contribution in [0.25, 0.3) is 0 Å². The summed E-state index contributed by atoms with van der Waals surface area (Å²) in [5, 5.41) is 0.729. The third-order valence-corrected chi connectivity index (χ3v) is 4.62. The number of H-pyrrole nitrogens is 1. The maximum absolute atomic E-state index is 12.6. The van der Waals surface area contributed by atoms with Crippen LogP contribution in [0.4, 0.5) is 5.69 Å². The lowest BCUT2D eigenvalue weighted by Crippen LogP contribution is -2.35. The number of anilines is 1. The molecule has 0 bridgehead atoms. The summed E-state index contributed by atoms with van der Waals surface area (Å²) in [6, 6.07) is 9.40. The minimum Gasteiger partial charge on any atom is -0.368 e. The number of hydrogen-bond acceptors (Lipinski definition) is 3. The van der Waals surface area contributed by atoms with Crippen molar-refractivity contribution in [3.05, 3.63) is 52.8 Å². The molecule has 126 valence electrons. The summed E-state index contributed by atoms with van der Waals surface area (Å²) in [4.78, 5) is 31.0. The van der Waals surface area contributed by atoms with E-state index in [2.05, 4.69) is 9.88 Å². The van der Waals surface area contributed by atoms with Crippen LogP contribution in [-0.2, 0) is 0 Å². The molecule has 1 aliphatic heterocycles. The predicted octanol–water partition coefficient (Wildman–Crippen LogP) is 3.22. The van der Waals surface area contributed by atoms with Gasteiger partial charge in [0.05, 0.1) is 10.7 Å². The minimum atomic E-state index is -0.0662. The highest BCUT2D eigenvalue weighted by Gasteiger charge is 2.22. The Labute approximate surface area is 146 Å². The summed E-state index contributed by atoms with van der Waals surface area (Å²) < 4.78 is 0. The van der Waals surface area contributed by atoms with E-state index in [-0.39, 0.29) is 11.7 Å². The van der Waals surface area contributed by atoms with Gasteiger partial charge in [0.25, 0.3) is 5.91 Å². The maximum Gasteiger partial charge on any atom is 0.270 e. The van der Waals surface area contributed by atoms with Crippen molar-refractivity contribution >= 4 is 29.0 Å². The summed E-state index contributed by atoms with van der Waals surface area (Å²) in [5.74, 6) is -0.116. The molecule has 0 radical (unpaired) electrons. The van der Waals surface area contributed by atoms with Crippen LogP contribution >= 0.6 is 11.6 Å². The second-order valence-corrected chi connectivity index (χ2v) is 6.35. The van der Waals surface area contributed by atoms with Gasteiger partial charge >= 0.3 is 0 Å². The highest BCUT2D eigenvalue weighted by Crippen LogP contribution is 2.26. The molecule has 1 aromatic heterocycles. The SMILES string of the molecule is CC(=O)c1c[nH]c(C(=O)N2CCCN(c3ccccc3Cl)CC2)c1. The van der Waals surface area contributed by atoms with Crippen molar-refractivity contribution in [2.45, 2.75) is 13.3 Å². The number of Topliss-reactive ketones (excluding diaryl/α,β-unsaturated/α-hetero) is 1. The average Bonchev–Trinajstić information content (AvgIpc) is 2.94. The van der Waals surface area contributed by atoms with E-state index in [0.717, 1.165) is 30.2 Å². The zero-order chi connectivity index (χ0) is 17.1. The van der Waals surface area contributed by atoms with Gasteiger partial charge < -0.3 is 14.8 Å². The van der Waals surface area contributed by atoms with Crippen LogP contribution < -0.4 is 4.90 Å². The van der Waals surface area contributed by atoms with Crippen LogP contribution in [0.3, 0.4) is 0 Å². The van der Waals surface area contributed by atoms with Crippen molar-refractivity contribution in [3.8, 4) is 0 Å². The standard InChI is InChI=1S/C18H20ClN3O2/c1-13(23)14-11-16(20-12-14)18(24)22-8-4-7-21(9-10-22)17-6-3-2-5-15(17)19/h2-3,5-6,11-12,20H,4,7-10H2,1H3. The second kappa shape index (κ2) is 7.09. The Morgan fingerprint density at radius 1 is 1.12 bits per heavy atom. The first-order chi connectivity index (χ1) is 11.6. The first kappa shape index (κ1) is 16.6. The highest BCUT2D eigenvalue weighted by molar-refractivity contribution is 6.33. The number of para-hydroxylation sites is 1. The first-order valence-corrected chi connectivity index (χ1v) is 8.42. The van der Waals surface area contributed by atoms with Crippen LogP contribution in [-0.4, -0.2) is 47.8 Å². The van der Waals surface area contributed by atoms with Gasteiger partial charge in [-0.15, -0.1) is 0 Å². The molecule has 1 amide bonds. The van der Waals surface area contributed by atoms with Gasteiger partial charge in [0.2, 0.25) is 0 Å². The predicted molar refractivity (Wildman–Crippen MR) is 95.0 cm³/mol.